The van der Waals surface area contributed by atoms with Crippen molar-refractivity contribution in [3.05, 3.63) is 28.0 Å². The minimum Gasteiger partial charge on any atom is -0.481 e. The number of pyridine rings is 1. The van der Waals surface area contributed by atoms with Crippen LogP contribution >= 0.6 is 15.9 Å². The van der Waals surface area contributed by atoms with Crippen LogP contribution in [0.3, 0.4) is 0 Å². The maximum atomic E-state index is 12.2. The molecule has 1 saturated heterocycles. The number of carbonyl (C=O) groups excluding carboxylic acids is 1. The highest BCUT2D eigenvalue weighted by atomic mass is 79.9. The molecule has 0 saturated carbocycles. The molecule has 138 valence electrons. The first kappa shape index (κ1) is 19.7. The molecule has 1 aromatic heterocycles. The Kier molecular flexibility index (Phi) is 5.76. The number of rotatable bonds is 3. The largest absolute Gasteiger partial charge is 0.481 e. The summed E-state index contributed by atoms with van der Waals surface area (Å²) in [6, 6.07) is 3.77. The second kappa shape index (κ2) is 7.32. The molecule has 1 aliphatic heterocycles. The second-order valence-electron chi connectivity index (χ2n) is 7.61. The monoisotopic (exact) mass is 412 g/mol. The molecule has 1 aromatic rings. The van der Waals surface area contributed by atoms with E-state index in [2.05, 4.69) is 20.9 Å². The Morgan fingerprint density at radius 2 is 1.92 bits per heavy atom. The lowest BCUT2D eigenvalue weighted by molar-refractivity contribution is -0.152. The maximum Gasteiger partial charge on any atom is 0.410 e. The maximum absolute atomic E-state index is 12.2. The van der Waals surface area contributed by atoms with Crippen LogP contribution in [0, 0.1) is 12.3 Å². The summed E-state index contributed by atoms with van der Waals surface area (Å²) in [6.45, 7) is 8.07. The molecule has 2 rings (SSSR count). The number of hydrogen-bond donors (Lipinski definition) is 1. The molecule has 7 heteroatoms. The molecule has 0 atom stereocenters. The normalized spacial score (nSPS) is 17.2. The van der Waals surface area contributed by atoms with Gasteiger partial charge in [-0.3, -0.25) is 9.78 Å². The van der Waals surface area contributed by atoms with Gasteiger partial charge in [-0.2, -0.15) is 0 Å². The Balaban J connectivity index is 2.12. The van der Waals surface area contributed by atoms with E-state index in [-0.39, 0.29) is 6.09 Å². The lowest BCUT2D eigenvalue weighted by Crippen LogP contribution is -2.48. The van der Waals surface area contributed by atoms with E-state index < -0.39 is 17.0 Å². The first-order valence-corrected chi connectivity index (χ1v) is 9.15. The third kappa shape index (κ3) is 4.93. The summed E-state index contributed by atoms with van der Waals surface area (Å²) in [6.07, 6.45) is 0.710. The Labute approximate surface area is 156 Å². The van der Waals surface area contributed by atoms with Gasteiger partial charge in [0, 0.05) is 29.7 Å². The average Bonchev–Trinajstić information content (AvgIpc) is 2.49. The van der Waals surface area contributed by atoms with Crippen LogP contribution in [0.4, 0.5) is 4.79 Å². The Bertz CT molecular complexity index is 662. The number of aliphatic carboxylic acids is 1. The number of carboxylic acid groups (broad SMARTS) is 1. The van der Waals surface area contributed by atoms with Crippen LogP contribution < -0.4 is 0 Å². The molecule has 0 aromatic carbocycles. The highest BCUT2D eigenvalue weighted by Crippen LogP contribution is 2.37. The van der Waals surface area contributed by atoms with Gasteiger partial charge >= 0.3 is 12.1 Å². The standard InChI is InChI=1S/C18H25BrN2O4/c1-12-5-6-13(19)14(20-12)11-18(15(22)23)7-9-21(10-8-18)16(24)25-17(2,3)4/h5-6H,7-11H2,1-4H3,(H,22,23). The van der Waals surface area contributed by atoms with Crippen LogP contribution in [-0.2, 0) is 16.0 Å². The molecular weight excluding hydrogens is 388 g/mol. The summed E-state index contributed by atoms with van der Waals surface area (Å²) in [5.74, 6) is -0.841. The topological polar surface area (TPSA) is 79.7 Å². The van der Waals surface area contributed by atoms with E-state index in [0.29, 0.717) is 32.4 Å². The SMILES string of the molecule is Cc1ccc(Br)c(CC2(C(=O)O)CCN(C(=O)OC(C)(C)C)CC2)n1. The van der Waals surface area contributed by atoms with Crippen LogP contribution in [-0.4, -0.2) is 45.7 Å². The van der Waals surface area contributed by atoms with Crippen molar-refractivity contribution in [1.29, 1.82) is 0 Å². The van der Waals surface area contributed by atoms with Crippen molar-refractivity contribution in [2.75, 3.05) is 13.1 Å². The number of nitrogens with zero attached hydrogens (tertiary/aromatic N) is 2. The van der Waals surface area contributed by atoms with Gasteiger partial charge in [0.2, 0.25) is 0 Å². The highest BCUT2D eigenvalue weighted by molar-refractivity contribution is 9.10. The first-order valence-electron chi connectivity index (χ1n) is 8.36. The van der Waals surface area contributed by atoms with Gasteiger partial charge < -0.3 is 14.7 Å². The zero-order chi connectivity index (χ0) is 18.8. The molecule has 0 aliphatic carbocycles. The molecule has 1 aliphatic rings. The zero-order valence-electron chi connectivity index (χ0n) is 15.1. The number of amides is 1. The number of piperidine rings is 1. The van der Waals surface area contributed by atoms with Crippen LogP contribution in [0.25, 0.3) is 0 Å². The van der Waals surface area contributed by atoms with Gasteiger partial charge in [-0.15, -0.1) is 0 Å². The Hall–Kier alpha value is -1.63. The number of carboxylic acids is 1. The molecule has 1 fully saturated rings. The van der Waals surface area contributed by atoms with E-state index in [1.807, 2.05) is 39.8 Å². The van der Waals surface area contributed by atoms with Crippen LogP contribution in [0.1, 0.15) is 45.0 Å². The molecular formula is C18H25BrN2O4. The predicted octanol–water partition coefficient (Wildman–Crippen LogP) is 3.80. The number of carbonyl (C=O) groups is 2. The summed E-state index contributed by atoms with van der Waals surface area (Å²) >= 11 is 3.46. The quantitative estimate of drug-likeness (QED) is 0.816. The van der Waals surface area contributed by atoms with Gasteiger partial charge in [0.15, 0.2) is 0 Å². The van der Waals surface area contributed by atoms with Crippen molar-refractivity contribution in [2.24, 2.45) is 5.41 Å². The van der Waals surface area contributed by atoms with Crippen molar-refractivity contribution in [3.63, 3.8) is 0 Å². The van der Waals surface area contributed by atoms with Crippen LogP contribution in [0.5, 0.6) is 0 Å². The van der Waals surface area contributed by atoms with Crippen molar-refractivity contribution in [1.82, 2.24) is 9.88 Å². The molecule has 0 bridgehead atoms. The molecule has 25 heavy (non-hydrogen) atoms. The van der Waals surface area contributed by atoms with E-state index in [9.17, 15) is 14.7 Å². The number of ether oxygens (including phenoxy) is 1. The summed E-state index contributed by atoms with van der Waals surface area (Å²) in [5.41, 5.74) is 0.120. The Morgan fingerprint density at radius 1 is 1.32 bits per heavy atom. The van der Waals surface area contributed by atoms with Gasteiger partial charge in [0.05, 0.1) is 11.1 Å². The number of halogens is 1. The van der Waals surface area contributed by atoms with E-state index in [4.69, 9.17) is 4.74 Å². The third-order valence-electron chi connectivity index (χ3n) is 4.39. The minimum absolute atomic E-state index is 0.340. The molecule has 2 heterocycles. The van der Waals surface area contributed by atoms with E-state index in [0.717, 1.165) is 15.9 Å². The molecule has 6 nitrogen and oxygen atoms in total. The van der Waals surface area contributed by atoms with Gasteiger partial charge in [0.1, 0.15) is 5.60 Å². The molecule has 0 radical (unpaired) electrons. The molecule has 1 N–H and O–H groups in total. The number of hydrogen-bond acceptors (Lipinski definition) is 4. The molecule has 1 amide bonds. The minimum atomic E-state index is -0.915. The Morgan fingerprint density at radius 3 is 2.44 bits per heavy atom. The average molecular weight is 413 g/mol. The number of aromatic nitrogens is 1. The molecule has 0 unspecified atom stereocenters. The highest BCUT2D eigenvalue weighted by Gasteiger charge is 2.43. The van der Waals surface area contributed by atoms with Crippen molar-refractivity contribution in [2.45, 2.75) is 52.6 Å². The lowest BCUT2D eigenvalue weighted by Gasteiger charge is -2.39. The van der Waals surface area contributed by atoms with Crippen molar-refractivity contribution in [3.8, 4) is 0 Å². The van der Waals surface area contributed by atoms with Crippen molar-refractivity contribution >= 4 is 28.0 Å². The van der Waals surface area contributed by atoms with Gasteiger partial charge in [-0.25, -0.2) is 4.79 Å². The third-order valence-corrected chi connectivity index (χ3v) is 5.11. The number of aryl methyl sites for hydroxylation is 1. The van der Waals surface area contributed by atoms with Gasteiger partial charge in [-0.1, -0.05) is 0 Å². The first-order chi connectivity index (χ1) is 11.5. The van der Waals surface area contributed by atoms with E-state index in [1.54, 1.807) is 4.90 Å². The summed E-state index contributed by atoms with van der Waals surface area (Å²) < 4.78 is 6.19. The van der Waals surface area contributed by atoms with Crippen LogP contribution in [0.15, 0.2) is 16.6 Å². The predicted molar refractivity (Wildman–Crippen MR) is 97.5 cm³/mol. The second-order valence-corrected chi connectivity index (χ2v) is 8.47. The fourth-order valence-electron chi connectivity index (χ4n) is 2.95. The smallest absolute Gasteiger partial charge is 0.410 e. The van der Waals surface area contributed by atoms with Crippen molar-refractivity contribution < 1.29 is 19.4 Å². The van der Waals surface area contributed by atoms with E-state index >= 15 is 0 Å². The van der Waals surface area contributed by atoms with Crippen LogP contribution in [0.2, 0.25) is 0 Å². The lowest BCUT2D eigenvalue weighted by atomic mass is 9.74. The summed E-state index contributed by atoms with van der Waals surface area (Å²) in [5, 5.41) is 9.84. The fraction of sp³-hybridized carbons (Fsp3) is 0.611. The zero-order valence-corrected chi connectivity index (χ0v) is 16.7. The molecule has 0 spiro atoms. The summed E-state index contributed by atoms with van der Waals surface area (Å²) in [7, 11) is 0. The van der Waals surface area contributed by atoms with Gasteiger partial charge in [-0.05, 0) is 68.6 Å². The van der Waals surface area contributed by atoms with Gasteiger partial charge in [0.25, 0.3) is 0 Å². The van der Waals surface area contributed by atoms with E-state index in [1.165, 1.54) is 0 Å². The number of likely N-dealkylation sites (tertiary alicyclic amines) is 1. The summed E-state index contributed by atoms with van der Waals surface area (Å²) in [4.78, 5) is 30.3. The fourth-order valence-corrected chi connectivity index (χ4v) is 3.31.